The minimum Gasteiger partial charge on any atom is -0.480 e. The molecule has 0 saturated carbocycles. The number of amides is 2. The molecule has 1 aliphatic rings. The zero-order chi connectivity index (χ0) is 23.4. The van der Waals surface area contributed by atoms with Crippen LogP contribution in [-0.2, 0) is 17.8 Å². The molecule has 170 valence electrons. The van der Waals surface area contributed by atoms with Crippen molar-refractivity contribution in [3.8, 4) is 5.75 Å². The van der Waals surface area contributed by atoms with Crippen molar-refractivity contribution in [3.63, 3.8) is 0 Å². The van der Waals surface area contributed by atoms with Crippen molar-refractivity contribution in [1.82, 2.24) is 4.90 Å². The Hall–Kier alpha value is -3.74. The van der Waals surface area contributed by atoms with E-state index in [-0.39, 0.29) is 17.3 Å². The van der Waals surface area contributed by atoms with E-state index in [4.69, 9.17) is 4.74 Å². The van der Waals surface area contributed by atoms with Crippen LogP contribution in [0.4, 0.5) is 14.5 Å². The monoisotopic (exact) mass is 450 g/mol. The van der Waals surface area contributed by atoms with Crippen LogP contribution < -0.4 is 10.1 Å². The number of nitrogens with one attached hydrogen (secondary N) is 1. The van der Waals surface area contributed by atoms with Gasteiger partial charge in [-0.3, -0.25) is 9.59 Å². The van der Waals surface area contributed by atoms with Crippen molar-refractivity contribution in [2.24, 2.45) is 0 Å². The number of anilines is 1. The highest BCUT2D eigenvalue weighted by atomic mass is 19.1. The predicted molar refractivity (Wildman–Crippen MR) is 121 cm³/mol. The van der Waals surface area contributed by atoms with Crippen molar-refractivity contribution in [2.75, 3.05) is 11.9 Å². The first kappa shape index (κ1) is 22.5. The number of hydrogen-bond acceptors (Lipinski definition) is 3. The van der Waals surface area contributed by atoms with Gasteiger partial charge in [-0.2, -0.15) is 0 Å². The molecule has 4 rings (SSSR count). The lowest BCUT2D eigenvalue weighted by molar-refractivity contribution is -0.138. The Kier molecular flexibility index (Phi) is 6.68. The molecule has 0 fully saturated rings. The molecule has 1 unspecified atom stereocenters. The highest BCUT2D eigenvalue weighted by Crippen LogP contribution is 2.30. The van der Waals surface area contributed by atoms with Gasteiger partial charge in [0.15, 0.2) is 6.10 Å². The highest BCUT2D eigenvalue weighted by Gasteiger charge is 2.29. The third-order valence-electron chi connectivity index (χ3n) is 5.58. The highest BCUT2D eigenvalue weighted by molar-refractivity contribution is 6.04. The van der Waals surface area contributed by atoms with E-state index in [0.29, 0.717) is 37.4 Å². The maximum Gasteiger partial charge on any atom is 0.263 e. The molecule has 7 heteroatoms. The standard InChI is InChI=1S/C26H24F2N2O3/c1-2-23-26(32)30(13-12-17-6-8-20(27)9-7-17)16-19-15-22(10-11-24(19)33-23)29-25(31)18-4-3-5-21(28)14-18/h3-11,14-15,23H,2,12-13,16H2,1H3,(H,29,31). The fraction of sp³-hybridized carbons (Fsp3) is 0.231. The van der Waals surface area contributed by atoms with Gasteiger partial charge in [-0.1, -0.05) is 25.1 Å². The average Bonchev–Trinajstić information content (AvgIpc) is 2.94. The zero-order valence-corrected chi connectivity index (χ0v) is 18.2. The predicted octanol–water partition coefficient (Wildman–Crippen LogP) is 4.96. The number of nitrogens with zero attached hydrogens (tertiary/aromatic N) is 1. The van der Waals surface area contributed by atoms with Gasteiger partial charge in [0.1, 0.15) is 17.4 Å². The Balaban J connectivity index is 1.53. The molecule has 1 aliphatic heterocycles. The van der Waals surface area contributed by atoms with Crippen LogP contribution in [0.1, 0.15) is 34.8 Å². The summed E-state index contributed by atoms with van der Waals surface area (Å²) in [6.07, 6.45) is 0.490. The molecular formula is C26H24F2N2O3. The Morgan fingerprint density at radius 2 is 1.85 bits per heavy atom. The van der Waals surface area contributed by atoms with E-state index < -0.39 is 17.8 Å². The second kappa shape index (κ2) is 9.81. The van der Waals surface area contributed by atoms with Gasteiger partial charge in [0.2, 0.25) is 0 Å². The van der Waals surface area contributed by atoms with Crippen molar-refractivity contribution in [1.29, 1.82) is 0 Å². The largest absolute Gasteiger partial charge is 0.480 e. The van der Waals surface area contributed by atoms with Crippen molar-refractivity contribution in [3.05, 3.63) is 95.1 Å². The molecule has 1 heterocycles. The number of fused-ring (bicyclic) bond motifs is 1. The summed E-state index contributed by atoms with van der Waals surface area (Å²) in [7, 11) is 0. The molecule has 1 atom stereocenters. The summed E-state index contributed by atoms with van der Waals surface area (Å²) >= 11 is 0. The fourth-order valence-electron chi connectivity index (χ4n) is 3.78. The minimum absolute atomic E-state index is 0.110. The summed E-state index contributed by atoms with van der Waals surface area (Å²) < 4.78 is 32.6. The van der Waals surface area contributed by atoms with Crippen LogP contribution >= 0.6 is 0 Å². The van der Waals surface area contributed by atoms with Crippen LogP contribution in [-0.4, -0.2) is 29.4 Å². The summed E-state index contributed by atoms with van der Waals surface area (Å²) in [5, 5.41) is 2.77. The van der Waals surface area contributed by atoms with Crippen LogP contribution in [0.5, 0.6) is 5.75 Å². The summed E-state index contributed by atoms with van der Waals surface area (Å²) in [4.78, 5) is 27.3. The van der Waals surface area contributed by atoms with Crippen LogP contribution in [0.3, 0.4) is 0 Å². The fourth-order valence-corrected chi connectivity index (χ4v) is 3.78. The zero-order valence-electron chi connectivity index (χ0n) is 18.2. The van der Waals surface area contributed by atoms with Gasteiger partial charge in [0, 0.05) is 29.9 Å². The van der Waals surface area contributed by atoms with Crippen LogP contribution in [0.15, 0.2) is 66.7 Å². The van der Waals surface area contributed by atoms with Crippen LogP contribution in [0.25, 0.3) is 0 Å². The van der Waals surface area contributed by atoms with E-state index in [1.165, 1.54) is 36.4 Å². The Bertz CT molecular complexity index is 1160. The summed E-state index contributed by atoms with van der Waals surface area (Å²) in [5.74, 6) is -0.742. The normalized spacial score (nSPS) is 15.4. The van der Waals surface area contributed by atoms with Crippen molar-refractivity contribution in [2.45, 2.75) is 32.4 Å². The van der Waals surface area contributed by atoms with Gasteiger partial charge in [0.05, 0.1) is 0 Å². The van der Waals surface area contributed by atoms with E-state index in [1.807, 2.05) is 6.92 Å². The summed E-state index contributed by atoms with van der Waals surface area (Å²) in [6.45, 7) is 2.65. The minimum atomic E-state index is -0.604. The third kappa shape index (κ3) is 5.37. The van der Waals surface area contributed by atoms with Gasteiger partial charge < -0.3 is 15.0 Å². The molecule has 5 nitrogen and oxygen atoms in total. The summed E-state index contributed by atoms with van der Waals surface area (Å²) in [5.41, 5.74) is 2.42. The van der Waals surface area contributed by atoms with E-state index in [1.54, 1.807) is 35.2 Å². The van der Waals surface area contributed by atoms with Gasteiger partial charge in [0.25, 0.3) is 11.8 Å². The molecule has 0 radical (unpaired) electrons. The molecule has 3 aromatic rings. The molecular weight excluding hydrogens is 426 g/mol. The van der Waals surface area contributed by atoms with Gasteiger partial charge in [-0.25, -0.2) is 8.78 Å². The smallest absolute Gasteiger partial charge is 0.263 e. The average molecular weight is 450 g/mol. The molecule has 1 N–H and O–H groups in total. The van der Waals surface area contributed by atoms with E-state index in [0.717, 1.165) is 11.1 Å². The van der Waals surface area contributed by atoms with Gasteiger partial charge in [-0.05, 0) is 66.9 Å². The lowest BCUT2D eigenvalue weighted by atomic mass is 10.1. The maximum absolute atomic E-state index is 13.4. The van der Waals surface area contributed by atoms with Crippen molar-refractivity contribution >= 4 is 17.5 Å². The number of benzene rings is 3. The molecule has 0 aliphatic carbocycles. The molecule has 33 heavy (non-hydrogen) atoms. The number of halogens is 2. The number of carbonyl (C=O) groups excluding carboxylic acids is 2. The molecule has 0 saturated heterocycles. The second-order valence-corrected chi connectivity index (χ2v) is 7.94. The molecule has 0 spiro atoms. The molecule has 0 aromatic heterocycles. The van der Waals surface area contributed by atoms with E-state index in [2.05, 4.69) is 5.32 Å². The van der Waals surface area contributed by atoms with Crippen LogP contribution in [0, 0.1) is 11.6 Å². The number of rotatable bonds is 6. The van der Waals surface area contributed by atoms with Crippen LogP contribution in [0.2, 0.25) is 0 Å². The first-order valence-corrected chi connectivity index (χ1v) is 10.8. The topological polar surface area (TPSA) is 58.6 Å². The van der Waals surface area contributed by atoms with Gasteiger partial charge >= 0.3 is 0 Å². The Labute approximate surface area is 191 Å². The molecule has 2 amide bonds. The first-order chi connectivity index (χ1) is 15.9. The Morgan fingerprint density at radius 1 is 1.06 bits per heavy atom. The summed E-state index contributed by atoms with van der Waals surface area (Å²) in [6, 6.07) is 16.9. The quantitative estimate of drug-likeness (QED) is 0.578. The third-order valence-corrected chi connectivity index (χ3v) is 5.58. The van der Waals surface area contributed by atoms with E-state index in [9.17, 15) is 18.4 Å². The van der Waals surface area contributed by atoms with E-state index >= 15 is 0 Å². The number of ether oxygens (including phenoxy) is 1. The SMILES string of the molecule is CCC1Oc2ccc(NC(=O)c3cccc(F)c3)cc2CN(CCc2ccc(F)cc2)C1=O. The van der Waals surface area contributed by atoms with Gasteiger partial charge in [-0.15, -0.1) is 0 Å². The number of carbonyl (C=O) groups is 2. The Morgan fingerprint density at radius 3 is 2.58 bits per heavy atom. The molecule has 0 bridgehead atoms. The maximum atomic E-state index is 13.4. The molecule has 3 aromatic carbocycles. The second-order valence-electron chi connectivity index (χ2n) is 7.94. The lowest BCUT2D eigenvalue weighted by Crippen LogP contribution is -2.40. The van der Waals surface area contributed by atoms with Crippen molar-refractivity contribution < 1.29 is 23.1 Å². The lowest BCUT2D eigenvalue weighted by Gasteiger charge is -2.23. The number of hydrogen-bond donors (Lipinski definition) is 1. The first-order valence-electron chi connectivity index (χ1n) is 10.8.